The van der Waals surface area contributed by atoms with E-state index in [0.29, 0.717) is 60.1 Å². The highest BCUT2D eigenvalue weighted by Gasteiger charge is 2.33. The molecule has 340 valence electrons. The predicted octanol–water partition coefficient (Wildman–Crippen LogP) is 7.40. The molecular formula is C43H47Cl2F4N11O4. The van der Waals surface area contributed by atoms with Gasteiger partial charge in [0.15, 0.2) is 5.78 Å². The molecule has 64 heavy (non-hydrogen) atoms. The Balaban J connectivity index is 0.000000214. The van der Waals surface area contributed by atoms with E-state index in [1.54, 1.807) is 34.1 Å². The van der Waals surface area contributed by atoms with Gasteiger partial charge < -0.3 is 29.8 Å². The van der Waals surface area contributed by atoms with Gasteiger partial charge in [-0.2, -0.15) is 8.78 Å². The highest BCUT2D eigenvalue weighted by molar-refractivity contribution is 6.31. The van der Waals surface area contributed by atoms with Crippen LogP contribution in [0.2, 0.25) is 10.0 Å². The molecule has 2 aliphatic rings. The molecule has 2 N–H and O–H groups in total. The minimum Gasteiger partial charge on any atom is -0.415 e. The highest BCUT2D eigenvalue weighted by Crippen LogP contribution is 2.29. The Morgan fingerprint density at radius 2 is 1.25 bits per heavy atom. The number of pyridine rings is 2. The van der Waals surface area contributed by atoms with Crippen LogP contribution in [0.5, 0.6) is 0 Å². The van der Waals surface area contributed by atoms with Crippen LogP contribution >= 0.6 is 23.2 Å². The van der Waals surface area contributed by atoms with Gasteiger partial charge in [-0.3, -0.25) is 24.6 Å². The molecule has 2 aliphatic heterocycles. The maximum absolute atomic E-state index is 13.8. The van der Waals surface area contributed by atoms with Gasteiger partial charge in [0.05, 0.1) is 46.6 Å². The topological polar surface area (TPSA) is 161 Å². The first-order valence-electron chi connectivity index (χ1n) is 20.1. The molecule has 0 aliphatic carbocycles. The summed E-state index contributed by atoms with van der Waals surface area (Å²) in [6.45, 7) is 2.52. The average Bonchev–Trinajstić information content (AvgIpc) is 4.10. The standard InChI is InChI=1S/C22H22ClF3N6O2.C21H25ClFN5O2/c1-30(2)16-7-8-31(12-16)22(33)32(15-5-6-18(24)17(23)9-15)11-14-4-3-13(10-27-14)20-28-29-21(34-20)19(25)26;1-26(2)17-7-8-27(13-17)21(30)28(16-5-6-19(23)18(22)9-16)12-15-4-3-14(11-25-15)20(29)10-24/h3-6,9-10,16,19H,7-8,11-12H2,1-2H3;3-6,9,11,17H,7-8,10,12-13,24H2,1-2H3/t16-;17-/m00/s1. The second-order valence-electron chi connectivity index (χ2n) is 15.6. The summed E-state index contributed by atoms with van der Waals surface area (Å²) in [7, 11) is 7.92. The molecule has 3 aromatic heterocycles. The summed E-state index contributed by atoms with van der Waals surface area (Å²) in [6.07, 6.45) is 1.70. The van der Waals surface area contributed by atoms with Crippen molar-refractivity contribution in [2.24, 2.45) is 5.73 Å². The van der Waals surface area contributed by atoms with Crippen LogP contribution in [0.15, 0.2) is 77.5 Å². The van der Waals surface area contributed by atoms with Crippen molar-refractivity contribution in [1.29, 1.82) is 0 Å². The first-order valence-corrected chi connectivity index (χ1v) is 20.9. The molecule has 2 atom stereocenters. The van der Waals surface area contributed by atoms with E-state index in [4.69, 9.17) is 33.4 Å². The molecule has 0 spiro atoms. The number of aromatic nitrogens is 4. The number of amides is 4. The average molecular weight is 929 g/mol. The minimum absolute atomic E-state index is 0.0604. The van der Waals surface area contributed by atoms with Crippen LogP contribution in [0.3, 0.4) is 0 Å². The van der Waals surface area contributed by atoms with Crippen molar-refractivity contribution in [3.8, 4) is 11.5 Å². The molecule has 2 saturated heterocycles. The van der Waals surface area contributed by atoms with Gasteiger partial charge in [-0.05, 0) is 102 Å². The number of likely N-dealkylation sites (tertiary alicyclic amines) is 2. The SMILES string of the molecule is CN(C)[C@H]1CCN(C(=O)N(Cc2ccc(-c3nnc(C(F)F)o3)cn2)c2ccc(F)c(Cl)c2)C1.CN(C)[C@H]1CCN(C(=O)N(Cc2ccc(C(=O)CN)cn2)c2ccc(F)c(Cl)c2)C1. The molecule has 0 saturated carbocycles. The summed E-state index contributed by atoms with van der Waals surface area (Å²) >= 11 is 11.9. The van der Waals surface area contributed by atoms with E-state index in [0.717, 1.165) is 12.8 Å². The number of hydrogen-bond acceptors (Lipinski definition) is 11. The number of hydrogen-bond donors (Lipinski definition) is 1. The summed E-state index contributed by atoms with van der Waals surface area (Å²) in [6, 6.07) is 14.9. The van der Waals surface area contributed by atoms with Crippen molar-refractivity contribution in [2.75, 3.05) is 70.7 Å². The lowest BCUT2D eigenvalue weighted by atomic mass is 10.1. The first-order chi connectivity index (χ1) is 30.5. The molecule has 7 rings (SSSR count). The molecule has 15 nitrogen and oxygen atoms in total. The number of benzene rings is 2. The lowest BCUT2D eigenvalue weighted by Crippen LogP contribution is -2.43. The van der Waals surface area contributed by atoms with Gasteiger partial charge in [-0.1, -0.05) is 23.2 Å². The van der Waals surface area contributed by atoms with Crippen molar-refractivity contribution in [3.05, 3.63) is 118 Å². The normalized spacial score (nSPS) is 16.1. The molecule has 2 aromatic carbocycles. The molecule has 21 heteroatoms. The molecule has 5 heterocycles. The van der Waals surface area contributed by atoms with E-state index in [9.17, 15) is 31.9 Å². The fourth-order valence-corrected chi connectivity index (χ4v) is 7.42. The first kappa shape index (κ1) is 47.7. The summed E-state index contributed by atoms with van der Waals surface area (Å²) in [5.74, 6) is -2.20. The third-order valence-electron chi connectivity index (χ3n) is 10.9. The zero-order valence-electron chi connectivity index (χ0n) is 35.5. The van der Waals surface area contributed by atoms with Crippen molar-refractivity contribution in [3.63, 3.8) is 0 Å². The summed E-state index contributed by atoms with van der Waals surface area (Å²) in [5.41, 5.74) is 8.15. The van der Waals surface area contributed by atoms with Crippen molar-refractivity contribution in [1.82, 2.24) is 39.8 Å². The molecule has 0 unspecified atom stereocenters. The monoisotopic (exact) mass is 927 g/mol. The van der Waals surface area contributed by atoms with Crippen LogP contribution < -0.4 is 15.5 Å². The number of carbonyl (C=O) groups excluding carboxylic acids is 3. The number of urea groups is 2. The smallest absolute Gasteiger partial charge is 0.324 e. The number of anilines is 2. The Bertz CT molecular complexity index is 2410. The number of carbonyl (C=O) groups is 3. The maximum Gasteiger partial charge on any atom is 0.324 e. The Morgan fingerprint density at radius 1 is 0.750 bits per heavy atom. The van der Waals surface area contributed by atoms with Crippen LogP contribution in [0.4, 0.5) is 38.5 Å². The van der Waals surface area contributed by atoms with Crippen LogP contribution in [0.25, 0.3) is 11.5 Å². The largest absolute Gasteiger partial charge is 0.415 e. The van der Waals surface area contributed by atoms with Crippen molar-refractivity contribution >= 4 is 52.4 Å². The number of Topliss-reactive ketones (excluding diaryl/α,β-unsaturated/α-hetero) is 1. The number of likely N-dealkylation sites (N-methyl/N-ethyl adjacent to an activating group) is 2. The van der Waals surface area contributed by atoms with E-state index in [1.165, 1.54) is 58.6 Å². The van der Waals surface area contributed by atoms with Gasteiger partial charge in [0.2, 0.25) is 5.89 Å². The molecule has 0 bridgehead atoms. The molecule has 2 fully saturated rings. The fourth-order valence-electron chi connectivity index (χ4n) is 7.07. The van der Waals surface area contributed by atoms with Gasteiger partial charge >= 0.3 is 18.5 Å². The Labute approximate surface area is 377 Å². The summed E-state index contributed by atoms with van der Waals surface area (Å²) < 4.78 is 57.8. The zero-order chi connectivity index (χ0) is 46.2. The number of nitrogens with two attached hydrogens (primary N) is 1. The van der Waals surface area contributed by atoms with E-state index in [2.05, 4.69) is 30.0 Å². The van der Waals surface area contributed by atoms with Crippen LogP contribution in [-0.4, -0.2) is 131 Å². The van der Waals surface area contributed by atoms with Crippen molar-refractivity contribution < 1.29 is 36.4 Å². The highest BCUT2D eigenvalue weighted by atomic mass is 35.5. The minimum atomic E-state index is -2.87. The lowest BCUT2D eigenvalue weighted by molar-refractivity contribution is 0.100. The molecule has 5 aromatic rings. The second-order valence-corrected chi connectivity index (χ2v) is 16.4. The summed E-state index contributed by atoms with van der Waals surface area (Å²) in [5, 5.41) is 6.75. The second kappa shape index (κ2) is 21.3. The van der Waals surface area contributed by atoms with Gasteiger partial charge in [0.25, 0.3) is 5.89 Å². The maximum atomic E-state index is 13.8. The van der Waals surface area contributed by atoms with Gasteiger partial charge in [0, 0.05) is 67.6 Å². The quantitative estimate of drug-likeness (QED) is 0.0981. The fraction of sp³-hybridized carbons (Fsp3) is 0.372. The number of rotatable bonds is 12. The van der Waals surface area contributed by atoms with E-state index >= 15 is 0 Å². The van der Waals surface area contributed by atoms with Crippen LogP contribution in [-0.2, 0) is 13.1 Å². The molecular weight excluding hydrogens is 881 g/mol. The van der Waals surface area contributed by atoms with Crippen LogP contribution in [0.1, 0.15) is 46.9 Å². The number of ketones is 1. The number of nitrogens with zero attached hydrogens (tertiary/aromatic N) is 10. The van der Waals surface area contributed by atoms with Gasteiger partial charge in [-0.25, -0.2) is 18.4 Å². The number of halogens is 6. The van der Waals surface area contributed by atoms with E-state index in [1.807, 2.05) is 28.2 Å². The van der Waals surface area contributed by atoms with Gasteiger partial charge in [0.1, 0.15) is 11.6 Å². The summed E-state index contributed by atoms with van der Waals surface area (Å²) in [4.78, 5) is 57.8. The van der Waals surface area contributed by atoms with Crippen molar-refractivity contribution in [2.45, 2.75) is 44.4 Å². The van der Waals surface area contributed by atoms with E-state index < -0.39 is 24.0 Å². The zero-order valence-corrected chi connectivity index (χ0v) is 37.0. The number of alkyl halides is 2. The molecule has 0 radical (unpaired) electrons. The Hall–Kier alpha value is -5.73. The third kappa shape index (κ3) is 11.7. The van der Waals surface area contributed by atoms with Crippen LogP contribution in [0, 0.1) is 11.6 Å². The molecule has 4 amide bonds. The predicted molar refractivity (Wildman–Crippen MR) is 233 cm³/mol. The lowest BCUT2D eigenvalue weighted by Gasteiger charge is -2.29. The third-order valence-corrected chi connectivity index (χ3v) is 11.5. The van der Waals surface area contributed by atoms with E-state index in [-0.39, 0.29) is 65.5 Å². The Morgan fingerprint density at radius 3 is 1.62 bits per heavy atom. The van der Waals surface area contributed by atoms with Gasteiger partial charge in [-0.15, -0.1) is 10.2 Å². The Kier molecular flexibility index (Phi) is 15.9.